The zero-order chi connectivity index (χ0) is 30.7. The molecular weight excluding hydrogens is 616 g/mol. The minimum Gasteiger partial charge on any atom is -0.379 e. The zero-order valence-corrected chi connectivity index (χ0v) is 25.6. The highest BCUT2D eigenvalue weighted by molar-refractivity contribution is 8.13. The standard InChI is InChI=1S/C20H15NO3S.C14H10ClNO2S/c22-25(23,24-17-9-5-2-6-10-17)18-11-12-19-16(13-18)14-20(21-19)15-7-3-1-4-8-15;15-19(17,18)12-6-7-13-11(8-12)9-14(16-13)10-4-2-1-3-5-10/h1-13H,14H2;1-8H,9H2. The van der Waals surface area contributed by atoms with Crippen LogP contribution in [0.5, 0.6) is 5.75 Å². The van der Waals surface area contributed by atoms with Crippen LogP contribution in [-0.4, -0.2) is 28.3 Å². The van der Waals surface area contributed by atoms with Gasteiger partial charge in [0.25, 0.3) is 9.05 Å². The lowest BCUT2D eigenvalue weighted by molar-refractivity contribution is 0.486. The first kappa shape index (κ1) is 29.5. The van der Waals surface area contributed by atoms with E-state index in [0.29, 0.717) is 18.6 Å². The Morgan fingerprint density at radius 2 is 0.977 bits per heavy atom. The maximum Gasteiger partial charge on any atom is 0.339 e. The van der Waals surface area contributed by atoms with Crippen molar-refractivity contribution in [3.8, 4) is 5.75 Å². The molecule has 0 aliphatic carbocycles. The fourth-order valence-corrected chi connectivity index (χ4v) is 6.69. The summed E-state index contributed by atoms with van der Waals surface area (Å²) in [5, 5.41) is 0. The third-order valence-corrected chi connectivity index (χ3v) is 9.66. The number of rotatable bonds is 6. The van der Waals surface area contributed by atoms with Gasteiger partial charge in [0.2, 0.25) is 0 Å². The van der Waals surface area contributed by atoms with Crippen molar-refractivity contribution < 1.29 is 21.0 Å². The predicted molar refractivity (Wildman–Crippen MR) is 173 cm³/mol. The summed E-state index contributed by atoms with van der Waals surface area (Å²) in [6.07, 6.45) is 1.23. The van der Waals surface area contributed by atoms with Crippen molar-refractivity contribution in [1.82, 2.24) is 0 Å². The maximum absolute atomic E-state index is 12.5. The van der Waals surface area contributed by atoms with Crippen molar-refractivity contribution >= 4 is 52.6 Å². The van der Waals surface area contributed by atoms with Crippen LogP contribution < -0.4 is 4.18 Å². The Labute approximate surface area is 260 Å². The van der Waals surface area contributed by atoms with Crippen LogP contribution in [0.1, 0.15) is 22.3 Å². The van der Waals surface area contributed by atoms with E-state index in [1.807, 2.05) is 60.7 Å². The van der Waals surface area contributed by atoms with Crippen molar-refractivity contribution in [3.63, 3.8) is 0 Å². The maximum atomic E-state index is 12.5. The Morgan fingerprint density at radius 1 is 0.545 bits per heavy atom. The molecule has 0 atom stereocenters. The van der Waals surface area contributed by atoms with E-state index >= 15 is 0 Å². The summed E-state index contributed by atoms with van der Waals surface area (Å²) >= 11 is 0. The molecule has 10 heteroatoms. The van der Waals surface area contributed by atoms with E-state index in [-0.39, 0.29) is 9.79 Å². The van der Waals surface area contributed by atoms with Gasteiger partial charge in [0.15, 0.2) is 0 Å². The number of hydrogen-bond donors (Lipinski definition) is 0. The number of aliphatic imine (C=N–C) groups is 2. The molecule has 0 N–H and O–H groups in total. The molecule has 0 aromatic heterocycles. The molecule has 0 radical (unpaired) electrons. The molecule has 5 aromatic carbocycles. The molecular formula is C34H25ClN2O5S2. The van der Waals surface area contributed by atoms with E-state index in [2.05, 4.69) is 9.98 Å². The average molecular weight is 641 g/mol. The Hall–Kier alpha value is -4.57. The largest absolute Gasteiger partial charge is 0.379 e. The molecule has 0 fully saturated rings. The van der Waals surface area contributed by atoms with E-state index in [4.69, 9.17) is 14.9 Å². The fraction of sp³-hybridized carbons (Fsp3) is 0.0588. The molecule has 2 heterocycles. The van der Waals surface area contributed by atoms with Crippen molar-refractivity contribution in [2.75, 3.05) is 0 Å². The molecule has 7 nitrogen and oxygen atoms in total. The first-order chi connectivity index (χ1) is 21.2. The molecule has 0 spiro atoms. The van der Waals surface area contributed by atoms with Crippen LogP contribution in [-0.2, 0) is 32.0 Å². The molecule has 44 heavy (non-hydrogen) atoms. The number of benzene rings is 5. The SMILES string of the molecule is O=S(=O)(Cl)c1ccc2c(c1)CC(c1ccccc1)=N2.O=S(=O)(Oc1ccccc1)c1ccc2c(c1)CC(c1ccccc1)=N2. The molecule has 7 rings (SSSR count). The molecule has 2 aliphatic heterocycles. The Balaban J connectivity index is 0.000000162. The van der Waals surface area contributed by atoms with Crippen molar-refractivity contribution in [1.29, 1.82) is 0 Å². The monoisotopic (exact) mass is 640 g/mol. The normalized spacial score (nSPS) is 13.6. The van der Waals surface area contributed by atoms with Gasteiger partial charge in [-0.05, 0) is 70.8 Å². The van der Waals surface area contributed by atoms with Gasteiger partial charge in [-0.1, -0.05) is 78.9 Å². The van der Waals surface area contributed by atoms with Crippen LogP contribution in [0.3, 0.4) is 0 Å². The third-order valence-electron chi connectivity index (χ3n) is 7.06. The molecule has 2 aliphatic rings. The Bertz CT molecular complexity index is 2120. The fourth-order valence-electron chi connectivity index (χ4n) is 4.91. The summed E-state index contributed by atoms with van der Waals surface area (Å²) in [5.74, 6) is 0.296. The highest BCUT2D eigenvalue weighted by atomic mass is 35.7. The van der Waals surface area contributed by atoms with E-state index in [9.17, 15) is 16.8 Å². The predicted octanol–water partition coefficient (Wildman–Crippen LogP) is 7.42. The molecule has 0 amide bonds. The number of hydrogen-bond acceptors (Lipinski definition) is 7. The van der Waals surface area contributed by atoms with Gasteiger partial charge < -0.3 is 4.18 Å². The van der Waals surface area contributed by atoms with Gasteiger partial charge in [-0.3, -0.25) is 9.98 Å². The van der Waals surface area contributed by atoms with Gasteiger partial charge in [0.1, 0.15) is 10.6 Å². The summed E-state index contributed by atoms with van der Waals surface area (Å²) in [6.45, 7) is 0. The number of halogens is 1. The number of fused-ring (bicyclic) bond motifs is 2. The first-order valence-corrected chi connectivity index (χ1v) is 17.3. The third kappa shape index (κ3) is 6.65. The molecule has 220 valence electrons. The summed E-state index contributed by atoms with van der Waals surface area (Å²) < 4.78 is 52.8. The topological polar surface area (TPSA) is 102 Å². The second-order valence-electron chi connectivity index (χ2n) is 10.1. The zero-order valence-electron chi connectivity index (χ0n) is 23.2. The second-order valence-corrected chi connectivity index (χ2v) is 14.2. The van der Waals surface area contributed by atoms with Crippen molar-refractivity contribution in [2.45, 2.75) is 22.6 Å². The molecule has 0 saturated heterocycles. The minimum atomic E-state index is -3.87. The minimum absolute atomic E-state index is 0.123. The highest BCUT2D eigenvalue weighted by Crippen LogP contribution is 2.33. The van der Waals surface area contributed by atoms with Gasteiger partial charge in [0.05, 0.1) is 27.7 Å². The number of nitrogens with zero attached hydrogens (tertiary/aromatic N) is 2. The van der Waals surface area contributed by atoms with Crippen LogP contribution in [0.25, 0.3) is 0 Å². The van der Waals surface area contributed by atoms with Crippen molar-refractivity contribution in [3.05, 3.63) is 150 Å². The summed E-state index contributed by atoms with van der Waals surface area (Å²) in [7, 11) is -2.20. The summed E-state index contributed by atoms with van der Waals surface area (Å²) in [5.41, 5.74) is 7.36. The Kier molecular flexibility index (Phi) is 8.18. The summed E-state index contributed by atoms with van der Waals surface area (Å²) in [4.78, 5) is 9.39. The van der Waals surface area contributed by atoms with Crippen LogP contribution in [0.2, 0.25) is 0 Å². The smallest absolute Gasteiger partial charge is 0.339 e. The highest BCUT2D eigenvalue weighted by Gasteiger charge is 2.22. The summed E-state index contributed by atoms with van der Waals surface area (Å²) in [6, 6.07) is 37.9. The first-order valence-electron chi connectivity index (χ1n) is 13.6. The number of para-hydroxylation sites is 1. The average Bonchev–Trinajstić information content (AvgIpc) is 3.66. The molecule has 0 saturated carbocycles. The second kappa shape index (κ2) is 12.2. The van der Waals surface area contributed by atoms with Crippen molar-refractivity contribution in [2.24, 2.45) is 9.98 Å². The van der Waals surface area contributed by atoms with Gasteiger partial charge in [-0.15, -0.1) is 0 Å². The van der Waals surface area contributed by atoms with E-state index < -0.39 is 19.2 Å². The van der Waals surface area contributed by atoms with E-state index in [0.717, 1.165) is 45.1 Å². The van der Waals surface area contributed by atoms with E-state index in [1.54, 1.807) is 54.6 Å². The quantitative estimate of drug-likeness (QED) is 0.142. The molecule has 5 aromatic rings. The molecule has 0 bridgehead atoms. The lowest BCUT2D eigenvalue weighted by Crippen LogP contribution is -2.10. The van der Waals surface area contributed by atoms with Crippen LogP contribution >= 0.6 is 10.7 Å². The van der Waals surface area contributed by atoms with E-state index in [1.165, 1.54) is 12.1 Å². The van der Waals surface area contributed by atoms with Crippen LogP contribution in [0.15, 0.2) is 147 Å². The van der Waals surface area contributed by atoms with Gasteiger partial charge in [0, 0.05) is 23.5 Å². The lowest BCUT2D eigenvalue weighted by atomic mass is 10.0. The van der Waals surface area contributed by atoms with Crippen LogP contribution in [0.4, 0.5) is 11.4 Å². The van der Waals surface area contributed by atoms with Gasteiger partial charge in [-0.2, -0.15) is 8.42 Å². The molecule has 0 unspecified atom stereocenters. The van der Waals surface area contributed by atoms with Gasteiger partial charge in [-0.25, -0.2) is 8.42 Å². The van der Waals surface area contributed by atoms with Gasteiger partial charge >= 0.3 is 10.1 Å². The lowest BCUT2D eigenvalue weighted by Gasteiger charge is -2.08. The van der Waals surface area contributed by atoms with Crippen LogP contribution in [0, 0.1) is 0 Å². The Morgan fingerprint density at radius 3 is 1.45 bits per heavy atom.